The van der Waals surface area contributed by atoms with Crippen LogP contribution in [0.4, 0.5) is 4.79 Å². The molecule has 0 saturated carbocycles. The Labute approximate surface area is 114 Å². The van der Waals surface area contributed by atoms with Crippen LogP contribution < -0.4 is 5.32 Å². The fourth-order valence-corrected chi connectivity index (χ4v) is 2.11. The highest BCUT2D eigenvalue weighted by molar-refractivity contribution is 9.11. The van der Waals surface area contributed by atoms with Crippen LogP contribution in [0.1, 0.15) is 4.88 Å². The van der Waals surface area contributed by atoms with Gasteiger partial charge in [0.1, 0.15) is 0 Å². The quantitative estimate of drug-likeness (QED) is 0.802. The first-order valence-electron chi connectivity index (χ1n) is 5.13. The molecule has 1 aromatic heterocycles. The number of thiophene rings is 1. The zero-order valence-corrected chi connectivity index (χ0v) is 11.9. The molecular weight excluding hydrogens is 300 g/mol. The maximum atomic E-state index is 11.9. The summed E-state index contributed by atoms with van der Waals surface area (Å²) in [5.41, 5.74) is 0. The van der Waals surface area contributed by atoms with Crippen LogP contribution in [0.5, 0.6) is 0 Å². The topological polar surface area (TPSA) is 32.3 Å². The van der Waals surface area contributed by atoms with E-state index in [1.54, 1.807) is 22.3 Å². The van der Waals surface area contributed by atoms with Gasteiger partial charge in [-0.3, -0.25) is 0 Å². The second kappa shape index (κ2) is 7.29. The standard InChI is InChI=1S/C12H15BrN2OS/c1-3-6-15(9-11-5-4-7-17-11)12(16)14-8-10(2)13/h3-5,7H,1-2,6,8-9H2,(H,14,16). The van der Waals surface area contributed by atoms with E-state index in [2.05, 4.69) is 34.4 Å². The molecule has 1 rings (SSSR count). The molecule has 1 heterocycles. The van der Waals surface area contributed by atoms with Gasteiger partial charge in [0.05, 0.1) is 13.1 Å². The van der Waals surface area contributed by atoms with Gasteiger partial charge in [0.15, 0.2) is 0 Å². The van der Waals surface area contributed by atoms with E-state index < -0.39 is 0 Å². The number of carbonyl (C=O) groups excluding carboxylic acids is 1. The third kappa shape index (κ3) is 5.19. The van der Waals surface area contributed by atoms with Crippen molar-refractivity contribution in [3.05, 3.63) is 46.1 Å². The molecule has 0 aliphatic rings. The summed E-state index contributed by atoms with van der Waals surface area (Å²) < 4.78 is 0.750. The van der Waals surface area contributed by atoms with E-state index in [1.807, 2.05) is 17.5 Å². The number of nitrogens with one attached hydrogen (secondary N) is 1. The second-order valence-corrected chi connectivity index (χ2v) is 5.58. The van der Waals surface area contributed by atoms with Crippen LogP contribution in [0.15, 0.2) is 41.2 Å². The third-order valence-electron chi connectivity index (χ3n) is 1.99. The van der Waals surface area contributed by atoms with Gasteiger partial charge in [-0.25, -0.2) is 4.79 Å². The van der Waals surface area contributed by atoms with E-state index in [0.29, 0.717) is 19.6 Å². The van der Waals surface area contributed by atoms with E-state index >= 15 is 0 Å². The summed E-state index contributed by atoms with van der Waals surface area (Å²) >= 11 is 4.84. The van der Waals surface area contributed by atoms with Crippen molar-refractivity contribution in [1.82, 2.24) is 10.2 Å². The normalized spacial score (nSPS) is 9.71. The maximum Gasteiger partial charge on any atom is 0.318 e. The Morgan fingerprint density at radius 2 is 2.41 bits per heavy atom. The van der Waals surface area contributed by atoms with Crippen LogP contribution in [0.3, 0.4) is 0 Å². The molecule has 0 spiro atoms. The Bertz CT molecular complexity index is 389. The van der Waals surface area contributed by atoms with Crippen molar-refractivity contribution >= 4 is 33.3 Å². The SMILES string of the molecule is C=CCN(Cc1cccs1)C(=O)NCC(=C)Br. The molecule has 3 nitrogen and oxygen atoms in total. The van der Waals surface area contributed by atoms with Crippen molar-refractivity contribution in [3.63, 3.8) is 0 Å². The molecule has 0 saturated heterocycles. The molecule has 0 aromatic carbocycles. The number of urea groups is 1. The second-order valence-electron chi connectivity index (χ2n) is 3.42. The summed E-state index contributed by atoms with van der Waals surface area (Å²) in [5.74, 6) is 0. The average Bonchev–Trinajstić information content (AvgIpc) is 2.78. The van der Waals surface area contributed by atoms with Gasteiger partial charge < -0.3 is 10.2 Å². The monoisotopic (exact) mass is 314 g/mol. The first-order valence-corrected chi connectivity index (χ1v) is 6.80. The lowest BCUT2D eigenvalue weighted by atomic mass is 10.4. The highest BCUT2D eigenvalue weighted by Crippen LogP contribution is 2.12. The van der Waals surface area contributed by atoms with E-state index in [-0.39, 0.29) is 6.03 Å². The van der Waals surface area contributed by atoms with Gasteiger partial charge in [0.2, 0.25) is 0 Å². The largest absolute Gasteiger partial charge is 0.333 e. The Balaban J connectivity index is 2.55. The highest BCUT2D eigenvalue weighted by Gasteiger charge is 2.12. The van der Waals surface area contributed by atoms with Crippen molar-refractivity contribution in [2.45, 2.75) is 6.54 Å². The van der Waals surface area contributed by atoms with Crippen molar-refractivity contribution in [1.29, 1.82) is 0 Å². The van der Waals surface area contributed by atoms with Crippen LogP contribution >= 0.6 is 27.3 Å². The molecule has 1 aromatic rings. The van der Waals surface area contributed by atoms with Gasteiger partial charge in [-0.15, -0.1) is 17.9 Å². The molecule has 0 bridgehead atoms. The van der Waals surface area contributed by atoms with Crippen LogP contribution in [-0.2, 0) is 6.54 Å². The van der Waals surface area contributed by atoms with E-state index in [0.717, 1.165) is 9.36 Å². The summed E-state index contributed by atoms with van der Waals surface area (Å²) in [7, 11) is 0. The first-order chi connectivity index (χ1) is 8.13. The van der Waals surface area contributed by atoms with Crippen molar-refractivity contribution in [2.75, 3.05) is 13.1 Å². The summed E-state index contributed by atoms with van der Waals surface area (Å²) in [6, 6.07) is 3.88. The van der Waals surface area contributed by atoms with Gasteiger partial charge in [-0.05, 0) is 11.4 Å². The first kappa shape index (κ1) is 14.0. The zero-order valence-electron chi connectivity index (χ0n) is 9.49. The molecule has 1 N–H and O–H groups in total. The van der Waals surface area contributed by atoms with Gasteiger partial charge >= 0.3 is 6.03 Å². The van der Waals surface area contributed by atoms with E-state index in [1.165, 1.54) is 0 Å². The number of nitrogens with zero attached hydrogens (tertiary/aromatic N) is 1. The summed E-state index contributed by atoms with van der Waals surface area (Å²) in [5, 5.41) is 4.78. The van der Waals surface area contributed by atoms with Gasteiger partial charge in [0.25, 0.3) is 0 Å². The van der Waals surface area contributed by atoms with Crippen molar-refractivity contribution < 1.29 is 4.79 Å². The molecule has 17 heavy (non-hydrogen) atoms. The van der Waals surface area contributed by atoms with Crippen molar-refractivity contribution in [2.24, 2.45) is 0 Å². The molecule has 5 heteroatoms. The minimum Gasteiger partial charge on any atom is -0.333 e. The minimum atomic E-state index is -0.112. The molecule has 0 fully saturated rings. The Kier molecular flexibility index (Phi) is 6.00. The maximum absolute atomic E-state index is 11.9. The van der Waals surface area contributed by atoms with Gasteiger partial charge in [-0.2, -0.15) is 0 Å². The number of hydrogen-bond acceptors (Lipinski definition) is 2. The molecular formula is C12H15BrN2OS. The van der Waals surface area contributed by atoms with Crippen LogP contribution in [0, 0.1) is 0 Å². The van der Waals surface area contributed by atoms with Gasteiger partial charge in [0, 0.05) is 15.9 Å². The Morgan fingerprint density at radius 1 is 1.65 bits per heavy atom. The van der Waals surface area contributed by atoms with E-state index in [4.69, 9.17) is 0 Å². The van der Waals surface area contributed by atoms with Crippen molar-refractivity contribution in [3.8, 4) is 0 Å². The fraction of sp³-hybridized carbons (Fsp3) is 0.250. The zero-order chi connectivity index (χ0) is 12.7. The Hall–Kier alpha value is -1.07. The smallest absolute Gasteiger partial charge is 0.318 e. The lowest BCUT2D eigenvalue weighted by Crippen LogP contribution is -2.39. The van der Waals surface area contributed by atoms with Crippen LogP contribution in [0.25, 0.3) is 0 Å². The van der Waals surface area contributed by atoms with Crippen LogP contribution in [0.2, 0.25) is 0 Å². The fourth-order valence-electron chi connectivity index (χ4n) is 1.25. The van der Waals surface area contributed by atoms with Crippen LogP contribution in [-0.4, -0.2) is 24.0 Å². The predicted octanol–water partition coefficient (Wildman–Crippen LogP) is 3.35. The molecule has 0 unspecified atom stereocenters. The molecule has 0 aliphatic carbocycles. The molecule has 92 valence electrons. The molecule has 0 aliphatic heterocycles. The van der Waals surface area contributed by atoms with Gasteiger partial charge in [-0.1, -0.05) is 34.7 Å². The number of carbonyl (C=O) groups is 1. The number of amides is 2. The minimum absolute atomic E-state index is 0.112. The number of rotatable bonds is 6. The average molecular weight is 315 g/mol. The lowest BCUT2D eigenvalue weighted by molar-refractivity contribution is 0.202. The Morgan fingerprint density at radius 3 is 2.94 bits per heavy atom. The van der Waals surface area contributed by atoms with E-state index in [9.17, 15) is 4.79 Å². The lowest BCUT2D eigenvalue weighted by Gasteiger charge is -2.20. The molecule has 0 radical (unpaired) electrons. The molecule has 0 atom stereocenters. The summed E-state index contributed by atoms with van der Waals surface area (Å²) in [4.78, 5) is 14.7. The third-order valence-corrected chi connectivity index (χ3v) is 3.14. The highest BCUT2D eigenvalue weighted by atomic mass is 79.9. The number of halogens is 1. The molecule has 2 amide bonds. The predicted molar refractivity (Wildman–Crippen MR) is 76.4 cm³/mol. The number of hydrogen-bond donors (Lipinski definition) is 1. The summed E-state index contributed by atoms with van der Waals surface area (Å²) in [6.45, 7) is 8.89. The summed E-state index contributed by atoms with van der Waals surface area (Å²) in [6.07, 6.45) is 1.72.